The first-order valence-electron chi connectivity index (χ1n) is 8.22. The van der Waals surface area contributed by atoms with Gasteiger partial charge in [-0.05, 0) is 48.5 Å². The van der Waals surface area contributed by atoms with E-state index < -0.39 is 4.92 Å². The lowest BCUT2D eigenvalue weighted by molar-refractivity contribution is -0.384. The minimum atomic E-state index is -0.511. The third-order valence-electron chi connectivity index (χ3n) is 4.06. The first-order valence-corrected chi connectivity index (χ1v) is 9.01. The molecule has 0 aliphatic carbocycles. The zero-order chi connectivity index (χ0) is 19.7. The molecule has 1 amide bonds. The molecule has 0 spiro atoms. The zero-order valence-corrected chi connectivity index (χ0v) is 15.8. The number of hydrogen-bond donors (Lipinski definition) is 1. The fourth-order valence-electron chi connectivity index (χ4n) is 2.69. The molecule has 0 aliphatic rings. The van der Waals surface area contributed by atoms with Crippen LogP contribution in [0.5, 0.6) is 0 Å². The van der Waals surface area contributed by atoms with Gasteiger partial charge in [-0.2, -0.15) is 0 Å². The van der Waals surface area contributed by atoms with E-state index in [2.05, 4.69) is 26.2 Å². The van der Waals surface area contributed by atoms with Crippen molar-refractivity contribution in [3.63, 3.8) is 0 Å². The van der Waals surface area contributed by atoms with Gasteiger partial charge in [-0.3, -0.25) is 14.9 Å². The van der Waals surface area contributed by atoms with Crippen LogP contribution in [0.4, 0.5) is 11.4 Å². The molecule has 0 saturated heterocycles. The fraction of sp³-hybridized carbons (Fsp3) is 0. The molecular weight excluding hydrogens is 426 g/mol. The Hall–Kier alpha value is -3.52. The molecule has 1 N–H and O–H groups in total. The molecule has 0 radical (unpaired) electrons. The Balaban J connectivity index is 1.57. The lowest BCUT2D eigenvalue weighted by Crippen LogP contribution is -2.11. The molecule has 0 atom stereocenters. The number of nitrogens with zero attached hydrogens (tertiary/aromatic N) is 2. The molecule has 0 fully saturated rings. The maximum absolute atomic E-state index is 12.4. The maximum atomic E-state index is 12.4. The number of aromatic nitrogens is 1. The topological polar surface area (TPSA) is 98.3 Å². The summed E-state index contributed by atoms with van der Waals surface area (Å²) in [4.78, 5) is 27.0. The molecule has 3 aromatic carbocycles. The molecule has 1 heterocycles. The minimum Gasteiger partial charge on any atom is -0.436 e. The summed E-state index contributed by atoms with van der Waals surface area (Å²) in [5.74, 6) is 0.111. The average molecular weight is 438 g/mol. The third kappa shape index (κ3) is 3.63. The largest absolute Gasteiger partial charge is 0.436 e. The van der Waals surface area contributed by atoms with E-state index in [0.29, 0.717) is 28.2 Å². The van der Waals surface area contributed by atoms with Crippen molar-refractivity contribution in [3.05, 3.63) is 86.9 Å². The normalized spacial score (nSPS) is 10.8. The quantitative estimate of drug-likeness (QED) is 0.339. The number of hydrogen-bond acceptors (Lipinski definition) is 5. The maximum Gasteiger partial charge on any atom is 0.269 e. The summed E-state index contributed by atoms with van der Waals surface area (Å²) in [6, 6.07) is 18.2. The van der Waals surface area contributed by atoms with Crippen molar-refractivity contribution in [2.75, 3.05) is 5.32 Å². The summed E-state index contributed by atoms with van der Waals surface area (Å²) < 4.78 is 6.70. The van der Waals surface area contributed by atoms with Crippen LogP contribution >= 0.6 is 15.9 Å². The van der Waals surface area contributed by atoms with E-state index in [1.807, 2.05) is 24.3 Å². The van der Waals surface area contributed by atoms with Gasteiger partial charge in [-0.15, -0.1) is 0 Å². The van der Waals surface area contributed by atoms with Crippen molar-refractivity contribution in [2.24, 2.45) is 0 Å². The van der Waals surface area contributed by atoms with Crippen LogP contribution in [0.2, 0.25) is 0 Å². The highest BCUT2D eigenvalue weighted by Crippen LogP contribution is 2.28. The molecule has 138 valence electrons. The molecule has 0 unspecified atom stereocenters. The molecule has 7 nitrogen and oxygen atoms in total. The van der Waals surface area contributed by atoms with Gasteiger partial charge in [0.1, 0.15) is 5.52 Å². The number of anilines is 1. The SMILES string of the molecule is O=C(Nc1ccc2oc(-c3cccc(Br)c3)nc2c1)c1ccc([N+](=O)[O-])cc1. The highest BCUT2D eigenvalue weighted by molar-refractivity contribution is 9.10. The molecule has 8 heteroatoms. The van der Waals surface area contributed by atoms with Crippen molar-refractivity contribution < 1.29 is 14.1 Å². The van der Waals surface area contributed by atoms with E-state index in [1.54, 1.807) is 18.2 Å². The van der Waals surface area contributed by atoms with E-state index in [1.165, 1.54) is 24.3 Å². The Labute approximate surface area is 167 Å². The van der Waals surface area contributed by atoms with Crippen LogP contribution in [0.25, 0.3) is 22.6 Å². The second-order valence-electron chi connectivity index (χ2n) is 5.97. The molecule has 28 heavy (non-hydrogen) atoms. The summed E-state index contributed by atoms with van der Waals surface area (Å²) in [5, 5.41) is 13.5. The van der Waals surface area contributed by atoms with Gasteiger partial charge in [0.25, 0.3) is 11.6 Å². The van der Waals surface area contributed by atoms with Crippen molar-refractivity contribution in [1.82, 2.24) is 4.98 Å². The van der Waals surface area contributed by atoms with Crippen LogP contribution in [0.15, 0.2) is 75.6 Å². The smallest absolute Gasteiger partial charge is 0.269 e. The van der Waals surface area contributed by atoms with Crippen molar-refractivity contribution in [3.8, 4) is 11.5 Å². The van der Waals surface area contributed by atoms with E-state index in [4.69, 9.17) is 4.42 Å². The lowest BCUT2D eigenvalue weighted by Gasteiger charge is -2.04. The number of nitro groups is 1. The summed E-state index contributed by atoms with van der Waals surface area (Å²) in [5.41, 5.74) is 2.84. The molecule has 4 rings (SSSR count). The van der Waals surface area contributed by atoms with Crippen LogP contribution in [-0.4, -0.2) is 15.8 Å². The van der Waals surface area contributed by atoms with Gasteiger partial charge in [0.2, 0.25) is 5.89 Å². The lowest BCUT2D eigenvalue weighted by atomic mass is 10.2. The predicted molar refractivity (Wildman–Crippen MR) is 108 cm³/mol. The van der Waals surface area contributed by atoms with Gasteiger partial charge in [-0.1, -0.05) is 22.0 Å². The number of carbonyl (C=O) groups excluding carboxylic acids is 1. The standard InChI is InChI=1S/C20H12BrN3O4/c21-14-3-1-2-13(10-14)20-23-17-11-15(6-9-18(17)28-20)22-19(25)12-4-7-16(8-5-12)24(26)27/h1-11H,(H,22,25). The summed E-state index contributed by atoms with van der Waals surface area (Å²) in [6.45, 7) is 0. The van der Waals surface area contributed by atoms with Crippen molar-refractivity contribution in [2.45, 2.75) is 0 Å². The Kier molecular flexibility index (Phi) is 4.62. The molecule has 4 aromatic rings. The van der Waals surface area contributed by atoms with Gasteiger partial charge in [0.15, 0.2) is 5.58 Å². The molecule has 1 aromatic heterocycles. The highest BCUT2D eigenvalue weighted by atomic mass is 79.9. The molecule has 0 aliphatic heterocycles. The number of nitrogens with one attached hydrogen (secondary N) is 1. The average Bonchev–Trinajstić information content (AvgIpc) is 3.11. The van der Waals surface area contributed by atoms with Crippen LogP contribution in [0, 0.1) is 10.1 Å². The predicted octanol–water partition coefficient (Wildman–Crippen LogP) is 5.42. The second kappa shape index (κ2) is 7.24. The Morgan fingerprint density at radius 3 is 2.57 bits per heavy atom. The summed E-state index contributed by atoms with van der Waals surface area (Å²) >= 11 is 3.42. The number of rotatable bonds is 4. The second-order valence-corrected chi connectivity index (χ2v) is 6.89. The van der Waals surface area contributed by atoms with Gasteiger partial charge in [0, 0.05) is 33.4 Å². The molecular formula is C20H12BrN3O4. The van der Waals surface area contributed by atoms with Crippen LogP contribution < -0.4 is 5.32 Å². The van der Waals surface area contributed by atoms with Gasteiger partial charge in [0.05, 0.1) is 4.92 Å². The van der Waals surface area contributed by atoms with E-state index in [9.17, 15) is 14.9 Å². The number of non-ortho nitro benzene ring substituents is 1. The number of halogens is 1. The minimum absolute atomic E-state index is 0.0688. The van der Waals surface area contributed by atoms with Gasteiger partial charge < -0.3 is 9.73 Å². The van der Waals surface area contributed by atoms with Crippen molar-refractivity contribution in [1.29, 1.82) is 0 Å². The number of oxazole rings is 1. The third-order valence-corrected chi connectivity index (χ3v) is 4.55. The van der Waals surface area contributed by atoms with Gasteiger partial charge >= 0.3 is 0 Å². The Morgan fingerprint density at radius 1 is 1.07 bits per heavy atom. The number of amides is 1. The van der Waals surface area contributed by atoms with E-state index >= 15 is 0 Å². The monoisotopic (exact) mass is 437 g/mol. The Morgan fingerprint density at radius 2 is 1.86 bits per heavy atom. The van der Waals surface area contributed by atoms with E-state index in [-0.39, 0.29) is 11.6 Å². The summed E-state index contributed by atoms with van der Waals surface area (Å²) in [6.07, 6.45) is 0. The Bertz CT molecular complexity index is 1200. The van der Waals surface area contributed by atoms with Crippen LogP contribution in [-0.2, 0) is 0 Å². The molecule has 0 saturated carbocycles. The molecule has 0 bridgehead atoms. The fourth-order valence-corrected chi connectivity index (χ4v) is 3.09. The number of benzene rings is 3. The van der Waals surface area contributed by atoms with Crippen LogP contribution in [0.3, 0.4) is 0 Å². The highest BCUT2D eigenvalue weighted by Gasteiger charge is 2.12. The van der Waals surface area contributed by atoms with Crippen molar-refractivity contribution >= 4 is 44.3 Å². The summed E-state index contributed by atoms with van der Waals surface area (Å²) in [7, 11) is 0. The van der Waals surface area contributed by atoms with E-state index in [0.717, 1.165) is 10.0 Å². The first kappa shape index (κ1) is 17.9. The number of carbonyl (C=O) groups is 1. The van der Waals surface area contributed by atoms with Crippen LogP contribution in [0.1, 0.15) is 10.4 Å². The van der Waals surface area contributed by atoms with Gasteiger partial charge in [-0.25, -0.2) is 4.98 Å². The first-order chi connectivity index (χ1) is 13.5. The number of fused-ring (bicyclic) bond motifs is 1. The number of nitro benzene ring substituents is 1. The zero-order valence-electron chi connectivity index (χ0n) is 14.3.